The van der Waals surface area contributed by atoms with E-state index < -0.39 is 28.4 Å². The van der Waals surface area contributed by atoms with Crippen molar-refractivity contribution >= 4 is 16.1 Å². The van der Waals surface area contributed by atoms with E-state index >= 15 is 0 Å². The Hall–Kier alpha value is -3.67. The van der Waals surface area contributed by atoms with Crippen molar-refractivity contribution < 1.29 is 32.5 Å². The van der Waals surface area contributed by atoms with Gasteiger partial charge in [0.05, 0.1) is 24.2 Å². The lowest BCUT2D eigenvalue weighted by Gasteiger charge is -2.33. The molecule has 1 aliphatic rings. The Balaban J connectivity index is 1.64. The van der Waals surface area contributed by atoms with Crippen LogP contribution in [0.5, 0.6) is 11.5 Å². The number of benzene rings is 2. The molecule has 214 valence electrons. The highest BCUT2D eigenvalue weighted by Gasteiger charge is 2.36. The zero-order valence-corrected chi connectivity index (χ0v) is 23.4. The lowest BCUT2D eigenvalue weighted by atomic mass is 10.2. The van der Waals surface area contributed by atoms with E-state index in [4.69, 9.17) is 14.2 Å². The van der Waals surface area contributed by atoms with Gasteiger partial charge in [-0.1, -0.05) is 36.4 Å². The summed E-state index contributed by atoms with van der Waals surface area (Å²) in [6.45, 7) is 1.21. The van der Waals surface area contributed by atoms with Crippen molar-refractivity contribution in [2.24, 2.45) is 0 Å². The van der Waals surface area contributed by atoms with Gasteiger partial charge in [-0.2, -0.15) is 4.31 Å². The van der Waals surface area contributed by atoms with E-state index in [1.165, 1.54) is 26.2 Å². The molecule has 0 aliphatic heterocycles. The van der Waals surface area contributed by atoms with Crippen LogP contribution in [0.2, 0.25) is 0 Å². The lowest BCUT2D eigenvalue weighted by molar-refractivity contribution is 0.0679. The number of hydrogen-bond acceptors (Lipinski definition) is 8. The van der Waals surface area contributed by atoms with Crippen LogP contribution in [0.15, 0.2) is 78.0 Å². The number of ether oxygens (including phenoxy) is 3. The lowest BCUT2D eigenvalue weighted by Crippen LogP contribution is -2.55. The standard InChI is InChI=1S/C29H35N3O7S/c1-21(33)28(31-29(34)38-20-23-11-8-16-30-18-23)32(19-22-9-4-3-5-10-22)40(35,36)25-14-15-26(37-2)27(17-25)39-24-12-6-7-13-24/h3-5,8-11,14-18,21,24,28,33H,6-7,12-13,19-20H2,1-2H3,(H,31,34)/t21-,28+/m1/s1. The van der Waals surface area contributed by atoms with E-state index in [-0.39, 0.29) is 24.2 Å². The van der Waals surface area contributed by atoms with Crippen LogP contribution in [-0.2, 0) is 27.9 Å². The maximum absolute atomic E-state index is 14.2. The number of nitrogens with one attached hydrogen (secondary N) is 1. The number of sulfonamides is 1. The highest BCUT2D eigenvalue weighted by Crippen LogP contribution is 2.35. The molecular formula is C29H35N3O7S. The summed E-state index contributed by atoms with van der Waals surface area (Å²) in [5.41, 5.74) is 1.33. The molecule has 2 N–H and O–H groups in total. The summed E-state index contributed by atoms with van der Waals surface area (Å²) < 4.78 is 46.2. The Morgan fingerprint density at radius 1 is 1.07 bits per heavy atom. The Kier molecular flexibility index (Phi) is 9.97. The number of pyridine rings is 1. The smallest absolute Gasteiger partial charge is 0.408 e. The Morgan fingerprint density at radius 3 is 2.45 bits per heavy atom. The van der Waals surface area contributed by atoms with Gasteiger partial charge >= 0.3 is 6.09 Å². The maximum atomic E-state index is 14.2. The molecule has 11 heteroatoms. The monoisotopic (exact) mass is 569 g/mol. The summed E-state index contributed by atoms with van der Waals surface area (Å²) in [6, 6.07) is 16.8. The van der Waals surface area contributed by atoms with E-state index in [9.17, 15) is 18.3 Å². The van der Waals surface area contributed by atoms with Crippen molar-refractivity contribution in [1.29, 1.82) is 0 Å². The second-order valence-electron chi connectivity index (χ2n) is 9.64. The first-order chi connectivity index (χ1) is 19.3. The summed E-state index contributed by atoms with van der Waals surface area (Å²) in [4.78, 5) is 16.7. The van der Waals surface area contributed by atoms with Crippen molar-refractivity contribution in [2.75, 3.05) is 7.11 Å². The van der Waals surface area contributed by atoms with Gasteiger partial charge in [-0.05, 0) is 56.4 Å². The number of carbonyl (C=O) groups excluding carboxylic acids is 1. The highest BCUT2D eigenvalue weighted by atomic mass is 32.2. The number of hydrogen-bond donors (Lipinski definition) is 2. The summed E-state index contributed by atoms with van der Waals surface area (Å²) in [5, 5.41) is 13.2. The van der Waals surface area contributed by atoms with Crippen LogP contribution in [0.1, 0.15) is 43.7 Å². The normalized spacial score (nSPS) is 15.4. The van der Waals surface area contributed by atoms with Gasteiger partial charge in [0.1, 0.15) is 12.8 Å². The van der Waals surface area contributed by atoms with Gasteiger partial charge in [-0.15, -0.1) is 0 Å². The number of methoxy groups -OCH3 is 1. The minimum atomic E-state index is -4.28. The van der Waals surface area contributed by atoms with Gasteiger partial charge in [0.25, 0.3) is 0 Å². The summed E-state index contributed by atoms with van der Waals surface area (Å²) in [5.74, 6) is 0.747. The molecule has 1 heterocycles. The van der Waals surface area contributed by atoms with Crippen LogP contribution >= 0.6 is 0 Å². The van der Waals surface area contributed by atoms with Crippen LogP contribution in [0.3, 0.4) is 0 Å². The molecule has 1 aliphatic carbocycles. The molecule has 0 unspecified atom stereocenters. The minimum Gasteiger partial charge on any atom is -0.493 e. The molecule has 1 amide bonds. The third kappa shape index (κ3) is 7.50. The number of amides is 1. The quantitative estimate of drug-likeness (QED) is 0.310. The SMILES string of the molecule is COc1ccc(S(=O)(=O)N(Cc2ccccc2)[C@H](NC(=O)OCc2cccnc2)[C@@H](C)O)cc1OC1CCCC1. The van der Waals surface area contributed by atoms with Crippen LogP contribution in [0, 0.1) is 0 Å². The fourth-order valence-corrected chi connectivity index (χ4v) is 6.17. The average molecular weight is 570 g/mol. The van der Waals surface area contributed by atoms with E-state index in [0.29, 0.717) is 22.6 Å². The van der Waals surface area contributed by atoms with E-state index in [0.717, 1.165) is 30.0 Å². The Morgan fingerprint density at radius 2 is 1.80 bits per heavy atom. The molecule has 4 rings (SSSR count). The van der Waals surface area contributed by atoms with Gasteiger partial charge in [0.2, 0.25) is 10.0 Å². The van der Waals surface area contributed by atoms with Crippen molar-refractivity contribution in [1.82, 2.24) is 14.6 Å². The first kappa shape index (κ1) is 29.3. The number of rotatable bonds is 12. The van der Waals surface area contributed by atoms with E-state index in [2.05, 4.69) is 10.3 Å². The number of alkyl carbamates (subject to hydrolysis) is 1. The topological polar surface area (TPSA) is 127 Å². The first-order valence-electron chi connectivity index (χ1n) is 13.2. The molecule has 3 aromatic rings. The number of aromatic nitrogens is 1. The predicted octanol–water partition coefficient (Wildman–Crippen LogP) is 4.24. The van der Waals surface area contributed by atoms with Gasteiger partial charge in [0, 0.05) is 30.6 Å². The molecular weight excluding hydrogens is 534 g/mol. The highest BCUT2D eigenvalue weighted by molar-refractivity contribution is 7.89. The molecule has 1 fully saturated rings. The zero-order chi connectivity index (χ0) is 28.5. The van der Waals surface area contributed by atoms with Crippen LogP contribution < -0.4 is 14.8 Å². The third-order valence-electron chi connectivity index (χ3n) is 6.64. The van der Waals surface area contributed by atoms with Crippen LogP contribution in [0.4, 0.5) is 4.79 Å². The average Bonchev–Trinajstić information content (AvgIpc) is 3.48. The molecule has 0 saturated heterocycles. The van der Waals surface area contributed by atoms with Crippen LogP contribution in [-0.4, -0.2) is 54.4 Å². The largest absolute Gasteiger partial charge is 0.493 e. The Labute approximate surface area is 235 Å². The predicted molar refractivity (Wildman–Crippen MR) is 148 cm³/mol. The molecule has 40 heavy (non-hydrogen) atoms. The minimum absolute atomic E-state index is 0.0197. The second-order valence-corrected chi connectivity index (χ2v) is 11.5. The van der Waals surface area contributed by atoms with Gasteiger partial charge < -0.3 is 24.6 Å². The first-order valence-corrected chi connectivity index (χ1v) is 14.6. The molecule has 2 aromatic carbocycles. The number of nitrogens with zero attached hydrogens (tertiary/aromatic N) is 2. The summed E-state index contributed by atoms with van der Waals surface area (Å²) in [6.07, 6.45) is 3.50. The molecule has 0 radical (unpaired) electrons. The number of aliphatic hydroxyl groups excluding tert-OH is 1. The Bertz CT molecular complexity index is 1350. The molecule has 0 spiro atoms. The number of aliphatic hydroxyl groups is 1. The second kappa shape index (κ2) is 13.6. The van der Waals surface area contributed by atoms with Gasteiger partial charge in [-0.25, -0.2) is 13.2 Å². The van der Waals surface area contributed by atoms with Gasteiger partial charge in [0.15, 0.2) is 11.5 Å². The van der Waals surface area contributed by atoms with Gasteiger partial charge in [-0.3, -0.25) is 4.98 Å². The van der Waals surface area contributed by atoms with Crippen molar-refractivity contribution in [3.8, 4) is 11.5 Å². The molecule has 2 atom stereocenters. The zero-order valence-electron chi connectivity index (χ0n) is 22.6. The van der Waals surface area contributed by atoms with Crippen molar-refractivity contribution in [2.45, 2.75) is 69.0 Å². The van der Waals surface area contributed by atoms with E-state index in [1.54, 1.807) is 54.9 Å². The maximum Gasteiger partial charge on any atom is 0.408 e. The molecule has 1 saturated carbocycles. The fourth-order valence-electron chi connectivity index (χ4n) is 4.55. The summed E-state index contributed by atoms with van der Waals surface area (Å²) >= 11 is 0. The van der Waals surface area contributed by atoms with Crippen molar-refractivity contribution in [3.05, 3.63) is 84.2 Å². The van der Waals surface area contributed by atoms with Crippen molar-refractivity contribution in [3.63, 3.8) is 0 Å². The molecule has 10 nitrogen and oxygen atoms in total. The molecule has 1 aromatic heterocycles. The number of carbonyl (C=O) groups is 1. The summed E-state index contributed by atoms with van der Waals surface area (Å²) in [7, 11) is -2.78. The van der Waals surface area contributed by atoms with Crippen LogP contribution in [0.25, 0.3) is 0 Å². The molecule has 0 bridgehead atoms. The third-order valence-corrected chi connectivity index (χ3v) is 8.47. The fraction of sp³-hybridized carbons (Fsp3) is 0.379. The van der Waals surface area contributed by atoms with E-state index in [1.807, 2.05) is 6.07 Å².